The molecule has 1 fully saturated rings. The van der Waals surface area contributed by atoms with Gasteiger partial charge in [-0.3, -0.25) is 9.78 Å². The second-order valence-electron chi connectivity index (χ2n) is 7.97. The van der Waals surface area contributed by atoms with Crippen molar-refractivity contribution in [2.75, 3.05) is 11.9 Å². The van der Waals surface area contributed by atoms with Crippen LogP contribution in [0.25, 0.3) is 5.69 Å². The molecule has 166 valence electrons. The maximum absolute atomic E-state index is 13.3. The fourth-order valence-corrected chi connectivity index (χ4v) is 3.47. The van der Waals surface area contributed by atoms with Gasteiger partial charge in [-0.15, -0.1) is 13.9 Å². The van der Waals surface area contributed by atoms with Crippen LogP contribution in [0.5, 0.6) is 11.5 Å². The number of hydrogen-bond acceptors (Lipinski definition) is 6. The molecule has 0 unspecified atom stereocenters. The first kappa shape index (κ1) is 20.2. The van der Waals surface area contributed by atoms with E-state index in [2.05, 4.69) is 30.2 Å². The number of anilines is 2. The maximum Gasteiger partial charge on any atom is 0.586 e. The molecule has 5 rings (SSSR count). The van der Waals surface area contributed by atoms with Crippen LogP contribution in [0.1, 0.15) is 24.2 Å². The van der Waals surface area contributed by atoms with Gasteiger partial charge in [0.2, 0.25) is 5.91 Å². The Morgan fingerprint density at radius 2 is 2.00 bits per heavy atom. The Morgan fingerprint density at radius 1 is 1.19 bits per heavy atom. The number of amides is 1. The lowest BCUT2D eigenvalue weighted by Gasteiger charge is -2.08. The smallest absolute Gasteiger partial charge is 0.395 e. The summed E-state index contributed by atoms with van der Waals surface area (Å²) in [6.45, 7) is 2.56. The molecule has 2 aromatic heterocycles. The normalized spacial score (nSPS) is 16.1. The summed E-state index contributed by atoms with van der Waals surface area (Å²) in [5, 5.41) is 10.6. The lowest BCUT2D eigenvalue weighted by Crippen LogP contribution is -2.27. The number of nitrogens with zero attached hydrogens (tertiary/aromatic N) is 3. The van der Waals surface area contributed by atoms with E-state index >= 15 is 0 Å². The third-order valence-electron chi connectivity index (χ3n) is 5.21. The van der Waals surface area contributed by atoms with Crippen molar-refractivity contribution in [1.29, 1.82) is 0 Å². The quantitative estimate of drug-likeness (QED) is 0.581. The highest BCUT2D eigenvalue weighted by atomic mass is 19.3. The Kier molecular flexibility index (Phi) is 4.91. The molecule has 0 saturated heterocycles. The summed E-state index contributed by atoms with van der Waals surface area (Å²) >= 11 is 0. The second kappa shape index (κ2) is 7.77. The number of aromatic nitrogens is 3. The molecule has 8 nitrogen and oxygen atoms in total. The van der Waals surface area contributed by atoms with Gasteiger partial charge < -0.3 is 20.1 Å². The summed E-state index contributed by atoms with van der Waals surface area (Å²) in [5.41, 5.74) is 2.75. The Morgan fingerprint density at radius 3 is 2.78 bits per heavy atom. The van der Waals surface area contributed by atoms with Crippen molar-refractivity contribution in [3.8, 4) is 17.2 Å². The van der Waals surface area contributed by atoms with Crippen LogP contribution in [0.15, 0.2) is 42.6 Å². The predicted molar refractivity (Wildman–Crippen MR) is 111 cm³/mol. The van der Waals surface area contributed by atoms with Crippen molar-refractivity contribution in [3.63, 3.8) is 0 Å². The number of carbonyl (C=O) groups excluding carboxylic acids is 1. The molecule has 1 aliphatic carbocycles. The van der Waals surface area contributed by atoms with Crippen LogP contribution in [-0.2, 0) is 11.2 Å². The highest BCUT2D eigenvalue weighted by Gasteiger charge is 2.43. The van der Waals surface area contributed by atoms with Crippen LogP contribution < -0.4 is 20.1 Å². The van der Waals surface area contributed by atoms with Crippen LogP contribution in [0.4, 0.5) is 20.3 Å². The molecule has 1 amide bonds. The number of halogens is 2. The van der Waals surface area contributed by atoms with Crippen LogP contribution in [0.3, 0.4) is 0 Å². The second-order valence-corrected chi connectivity index (χ2v) is 7.97. The molecule has 0 spiro atoms. The average Bonchev–Trinajstić information content (AvgIpc) is 3.40. The van der Waals surface area contributed by atoms with Crippen LogP contribution >= 0.6 is 0 Å². The van der Waals surface area contributed by atoms with Gasteiger partial charge in [-0.25, -0.2) is 4.68 Å². The van der Waals surface area contributed by atoms with E-state index in [1.54, 1.807) is 29.1 Å². The van der Waals surface area contributed by atoms with Gasteiger partial charge in [0.1, 0.15) is 0 Å². The van der Waals surface area contributed by atoms with E-state index in [0.717, 1.165) is 24.2 Å². The van der Waals surface area contributed by atoms with Crippen molar-refractivity contribution < 1.29 is 23.0 Å². The van der Waals surface area contributed by atoms with E-state index in [-0.39, 0.29) is 23.8 Å². The molecule has 0 radical (unpaired) electrons. The molecule has 1 saturated carbocycles. The SMILES string of the molecule is Cc1cc(-n2nc(Nc3ccc4c(c3)OC(F)(F)O4)cc2CC(=O)NCC2CC2)ccn1. The van der Waals surface area contributed by atoms with Gasteiger partial charge in [-0.05, 0) is 49.9 Å². The van der Waals surface area contributed by atoms with Gasteiger partial charge in [0.25, 0.3) is 0 Å². The predicted octanol–water partition coefficient (Wildman–Crippen LogP) is 3.71. The highest BCUT2D eigenvalue weighted by molar-refractivity contribution is 5.78. The van der Waals surface area contributed by atoms with E-state index in [1.807, 2.05) is 13.0 Å². The van der Waals surface area contributed by atoms with Gasteiger partial charge in [0, 0.05) is 36.3 Å². The van der Waals surface area contributed by atoms with Crippen molar-refractivity contribution in [3.05, 3.63) is 54.0 Å². The van der Waals surface area contributed by atoms with E-state index in [0.29, 0.717) is 29.7 Å². The Labute approximate surface area is 182 Å². The van der Waals surface area contributed by atoms with E-state index < -0.39 is 6.29 Å². The van der Waals surface area contributed by atoms with Gasteiger partial charge in [0.05, 0.1) is 17.8 Å². The molecule has 3 aromatic rings. The van der Waals surface area contributed by atoms with Crippen molar-refractivity contribution in [2.24, 2.45) is 5.92 Å². The summed E-state index contributed by atoms with van der Waals surface area (Å²) in [7, 11) is 0. The lowest BCUT2D eigenvalue weighted by atomic mass is 10.2. The van der Waals surface area contributed by atoms with Gasteiger partial charge in [0.15, 0.2) is 17.3 Å². The number of rotatable bonds is 7. The minimum atomic E-state index is -3.68. The monoisotopic (exact) mass is 441 g/mol. The molecule has 1 aromatic carbocycles. The van der Waals surface area contributed by atoms with Crippen molar-refractivity contribution in [1.82, 2.24) is 20.1 Å². The zero-order valence-corrected chi connectivity index (χ0v) is 17.3. The molecule has 2 aliphatic rings. The summed E-state index contributed by atoms with van der Waals surface area (Å²) < 4.78 is 37.2. The number of pyridine rings is 1. The fraction of sp³-hybridized carbons (Fsp3) is 0.318. The number of benzene rings is 1. The number of alkyl halides is 2. The zero-order valence-electron chi connectivity index (χ0n) is 17.3. The van der Waals surface area contributed by atoms with Crippen LogP contribution in [-0.4, -0.2) is 33.5 Å². The summed E-state index contributed by atoms with van der Waals surface area (Å²) in [4.78, 5) is 16.7. The maximum atomic E-state index is 13.3. The zero-order chi connectivity index (χ0) is 22.3. The van der Waals surface area contributed by atoms with Gasteiger partial charge in [-0.1, -0.05) is 0 Å². The number of nitrogens with one attached hydrogen (secondary N) is 2. The Balaban J connectivity index is 1.39. The molecule has 0 atom stereocenters. The van der Waals surface area contributed by atoms with E-state index in [4.69, 9.17) is 0 Å². The average molecular weight is 441 g/mol. The van der Waals surface area contributed by atoms with Crippen molar-refractivity contribution >= 4 is 17.4 Å². The first-order valence-corrected chi connectivity index (χ1v) is 10.3. The Hall–Kier alpha value is -3.69. The minimum Gasteiger partial charge on any atom is -0.395 e. The molecule has 3 heterocycles. The summed E-state index contributed by atoms with van der Waals surface area (Å²) in [5.74, 6) is 0.855. The highest BCUT2D eigenvalue weighted by Crippen LogP contribution is 2.42. The lowest BCUT2D eigenvalue weighted by molar-refractivity contribution is -0.286. The minimum absolute atomic E-state index is 0.0358. The fourth-order valence-electron chi connectivity index (χ4n) is 3.47. The van der Waals surface area contributed by atoms with Crippen molar-refractivity contribution in [2.45, 2.75) is 32.5 Å². The molecule has 10 heteroatoms. The standard InChI is InChI=1S/C22H21F2N5O3/c1-13-8-16(6-7-25-13)29-17(11-21(30)26-12-14-2-3-14)10-20(28-29)27-15-4-5-18-19(9-15)32-22(23,24)31-18/h4-10,14H,2-3,11-12H2,1H3,(H,26,30)(H,27,28). The van der Waals surface area contributed by atoms with Crippen LogP contribution in [0, 0.1) is 12.8 Å². The molecule has 32 heavy (non-hydrogen) atoms. The first-order valence-electron chi connectivity index (χ1n) is 10.3. The van der Waals surface area contributed by atoms with E-state index in [9.17, 15) is 13.6 Å². The molecular formula is C22H21F2N5O3. The number of fused-ring (bicyclic) bond motifs is 1. The van der Waals surface area contributed by atoms with Gasteiger partial charge in [-0.2, -0.15) is 0 Å². The van der Waals surface area contributed by atoms with Crippen LogP contribution in [0.2, 0.25) is 0 Å². The molecule has 0 bridgehead atoms. The number of aryl methyl sites for hydroxylation is 1. The largest absolute Gasteiger partial charge is 0.586 e. The summed E-state index contributed by atoms with van der Waals surface area (Å²) in [6.07, 6.45) is 0.460. The first-order chi connectivity index (χ1) is 15.3. The number of ether oxygens (including phenoxy) is 2. The van der Waals surface area contributed by atoms with E-state index in [1.165, 1.54) is 12.1 Å². The molecular weight excluding hydrogens is 420 g/mol. The summed E-state index contributed by atoms with van der Waals surface area (Å²) in [6, 6.07) is 9.82. The van der Waals surface area contributed by atoms with Gasteiger partial charge >= 0.3 is 6.29 Å². The molecule has 2 N–H and O–H groups in total. The third-order valence-corrected chi connectivity index (χ3v) is 5.21. The number of hydrogen-bond donors (Lipinski definition) is 2. The Bertz CT molecular complexity index is 1180. The topological polar surface area (TPSA) is 90.3 Å². The molecule has 1 aliphatic heterocycles. The third kappa shape index (κ3) is 4.48. The number of carbonyl (C=O) groups is 1.